The van der Waals surface area contributed by atoms with Crippen LogP contribution in [0.2, 0.25) is 0 Å². The van der Waals surface area contributed by atoms with Crippen LogP contribution in [0.4, 0.5) is 14.5 Å². The van der Waals surface area contributed by atoms with E-state index in [1.54, 1.807) is 35.7 Å². The summed E-state index contributed by atoms with van der Waals surface area (Å²) < 4.78 is 37.2. The molecular formula is C46H50BrF2N9O6. The maximum absolute atomic E-state index is 14.6. The molecule has 15 nitrogen and oxygen atoms in total. The quantitative estimate of drug-likeness (QED) is 0.110. The van der Waals surface area contributed by atoms with Gasteiger partial charge in [0.05, 0.1) is 42.2 Å². The van der Waals surface area contributed by atoms with E-state index in [0.717, 1.165) is 10.0 Å². The van der Waals surface area contributed by atoms with Gasteiger partial charge in [-0.05, 0) is 42.5 Å². The van der Waals surface area contributed by atoms with Crippen LogP contribution in [0.1, 0.15) is 95.9 Å². The van der Waals surface area contributed by atoms with Crippen LogP contribution in [0.3, 0.4) is 0 Å². The minimum Gasteiger partial charge on any atom is -0.391 e. The smallest absolute Gasteiger partial charge is 0.276 e. The zero-order chi connectivity index (χ0) is 45.2. The number of anilines is 1. The molecule has 5 heterocycles. The molecule has 3 aromatic heterocycles. The van der Waals surface area contributed by atoms with Crippen LogP contribution in [0.25, 0.3) is 0 Å². The summed E-state index contributed by atoms with van der Waals surface area (Å²) in [4.78, 5) is 59.0. The summed E-state index contributed by atoms with van der Waals surface area (Å²) in [6.07, 6.45) is 2.53. The van der Waals surface area contributed by atoms with Crippen LogP contribution < -0.4 is 10.6 Å². The summed E-state index contributed by atoms with van der Waals surface area (Å²) in [5.41, 5.74) is 2.76. The van der Waals surface area contributed by atoms with Crippen molar-refractivity contribution in [1.82, 2.24) is 40.3 Å². The third-order valence-corrected chi connectivity index (χ3v) is 14.2. The number of carbonyl (C=O) groups excluding carboxylic acids is 4. The minimum atomic E-state index is -2.78. The van der Waals surface area contributed by atoms with E-state index in [0.29, 0.717) is 47.1 Å². The van der Waals surface area contributed by atoms with Gasteiger partial charge in [0.15, 0.2) is 5.69 Å². The summed E-state index contributed by atoms with van der Waals surface area (Å²) >= 11 is 3.47. The fourth-order valence-corrected chi connectivity index (χ4v) is 10.3. The third kappa shape index (κ3) is 7.92. The van der Waals surface area contributed by atoms with Crippen molar-refractivity contribution in [2.75, 3.05) is 25.0 Å². The Kier molecular flexibility index (Phi) is 11.3. The number of H-pyrrole nitrogens is 1. The van der Waals surface area contributed by atoms with Gasteiger partial charge < -0.3 is 30.1 Å². The second kappa shape index (κ2) is 16.7. The zero-order valence-electron chi connectivity index (χ0n) is 35.8. The molecule has 2 aromatic carbocycles. The van der Waals surface area contributed by atoms with Crippen LogP contribution in [0.5, 0.6) is 0 Å². The Bertz CT molecular complexity index is 2570. The van der Waals surface area contributed by atoms with E-state index in [-0.39, 0.29) is 67.6 Å². The maximum Gasteiger partial charge on any atom is 0.276 e. The number of hydrogen-bond donors (Lipinski definition) is 4. The SMILES string of the molecule is Cc1cc(C(C(=O)N2C[C@H](O)C[C@H]2C(=O)N[C@@H](CC(=O)N2CC([C@H](c3ccccc3)n3cc(NC(=O)c4n[nH]c5c4C[C@H]4C(F)(F)[C@@]4(C)C5)cn3)C2)c2ccc(Br)cc2)C(C)C)on1. The Balaban J connectivity index is 0.879. The summed E-state index contributed by atoms with van der Waals surface area (Å²) in [7, 11) is 0. The highest BCUT2D eigenvalue weighted by atomic mass is 79.9. The largest absolute Gasteiger partial charge is 0.391 e. The third-order valence-electron chi connectivity index (χ3n) is 13.7. The van der Waals surface area contributed by atoms with Crippen LogP contribution >= 0.6 is 15.9 Å². The fourth-order valence-electron chi connectivity index (χ4n) is 10.0. The number of carbonyl (C=O) groups is 4. The topological polar surface area (TPSA) is 192 Å². The maximum atomic E-state index is 14.6. The molecule has 1 saturated carbocycles. The van der Waals surface area contributed by atoms with Gasteiger partial charge in [0.2, 0.25) is 17.7 Å². The van der Waals surface area contributed by atoms with E-state index < -0.39 is 53.2 Å². The summed E-state index contributed by atoms with van der Waals surface area (Å²) in [6, 6.07) is 16.7. The van der Waals surface area contributed by atoms with Crippen molar-refractivity contribution in [2.45, 2.75) is 89.4 Å². The number of halogens is 3. The summed E-state index contributed by atoms with van der Waals surface area (Å²) in [5, 5.41) is 32.3. The standard InChI is InChI=1S/C46H50BrF2N9O6/c1-24(2)39(36-14-25(3)55-64-36)44(63)57-23-31(59)15-35(57)42(61)52-33(26-10-12-29(47)13-11-26)17-38(60)56-20-28(21-56)41(27-8-6-5-7-9-27)58-22-30(19-50-58)51-43(62)40-32-16-37-45(4,46(37,48)49)18-34(32)53-54-40/h5-14,19,22,24,28,31,33,35,37,39,41,59H,15-18,20-21,23H2,1-4H3,(H,51,62)(H,52,61)(H,53,54)/t31-,33+,35+,37-,39?,41+,45+/m1/s1. The lowest BCUT2D eigenvalue weighted by molar-refractivity contribution is -0.142. The van der Waals surface area contributed by atoms with Gasteiger partial charge in [-0.3, -0.25) is 29.0 Å². The molecule has 3 fully saturated rings. The van der Waals surface area contributed by atoms with Gasteiger partial charge in [-0.1, -0.05) is 84.3 Å². The van der Waals surface area contributed by atoms with Gasteiger partial charge in [0, 0.05) is 77.7 Å². The average Bonchev–Trinajstić information content (AvgIpc) is 3.95. The Morgan fingerprint density at radius 3 is 2.47 bits per heavy atom. The summed E-state index contributed by atoms with van der Waals surface area (Å²) in [5.74, 6) is -5.68. The molecule has 2 aliphatic heterocycles. The molecule has 4 N–H and O–H groups in total. The van der Waals surface area contributed by atoms with Gasteiger partial charge in [0.1, 0.15) is 17.7 Å². The highest BCUT2D eigenvalue weighted by Crippen LogP contribution is 2.70. The Hall–Kier alpha value is -5.75. The number of aliphatic hydroxyl groups excluding tert-OH is 1. The number of rotatable bonds is 13. The first-order chi connectivity index (χ1) is 30.5. The zero-order valence-corrected chi connectivity index (χ0v) is 37.4. The van der Waals surface area contributed by atoms with E-state index in [1.807, 2.05) is 68.4 Å². The first-order valence-electron chi connectivity index (χ1n) is 21.6. The second-order valence-electron chi connectivity index (χ2n) is 18.4. The Labute approximate surface area is 376 Å². The van der Waals surface area contributed by atoms with Crippen LogP contribution in [0, 0.1) is 30.1 Å². The number of aromatic amines is 1. The number of hydrogen-bond acceptors (Lipinski definition) is 9. The number of aliphatic hydroxyl groups is 1. The lowest BCUT2D eigenvalue weighted by Gasteiger charge is -2.44. The van der Waals surface area contributed by atoms with Gasteiger partial charge in [0.25, 0.3) is 11.8 Å². The first-order valence-corrected chi connectivity index (χ1v) is 22.4. The number of likely N-dealkylation sites (tertiary alicyclic amines) is 2. The van der Waals surface area contributed by atoms with Crippen molar-refractivity contribution in [3.05, 3.63) is 117 Å². The number of nitrogens with zero attached hydrogens (tertiary/aromatic N) is 6. The molecule has 0 radical (unpaired) electrons. The van der Waals surface area contributed by atoms with Crippen molar-refractivity contribution in [3.63, 3.8) is 0 Å². The predicted molar refractivity (Wildman–Crippen MR) is 232 cm³/mol. The monoisotopic (exact) mass is 941 g/mol. The number of β-amino-alcohol motifs (C(OH)–C–C–N with tert-alkyl or cyclic N) is 1. The number of nitrogens with one attached hydrogen (secondary N) is 3. The van der Waals surface area contributed by atoms with Crippen molar-refractivity contribution in [3.8, 4) is 0 Å². The summed E-state index contributed by atoms with van der Waals surface area (Å²) in [6.45, 7) is 7.87. The number of alkyl halides is 2. The lowest BCUT2D eigenvalue weighted by atomic mass is 9.86. The Morgan fingerprint density at radius 1 is 1.05 bits per heavy atom. The molecular weight excluding hydrogens is 892 g/mol. The molecule has 1 unspecified atom stereocenters. The molecule has 64 heavy (non-hydrogen) atoms. The number of fused-ring (bicyclic) bond motifs is 2. The molecule has 4 aliphatic rings. The van der Waals surface area contributed by atoms with Crippen molar-refractivity contribution in [2.24, 2.45) is 23.2 Å². The van der Waals surface area contributed by atoms with E-state index in [2.05, 4.69) is 47.0 Å². The lowest BCUT2D eigenvalue weighted by Crippen LogP contribution is -2.54. The molecule has 0 bridgehead atoms. The number of aromatic nitrogens is 5. The predicted octanol–water partition coefficient (Wildman–Crippen LogP) is 5.98. The van der Waals surface area contributed by atoms with E-state index in [1.165, 1.54) is 11.1 Å². The van der Waals surface area contributed by atoms with E-state index in [9.17, 15) is 33.1 Å². The van der Waals surface area contributed by atoms with E-state index in [4.69, 9.17) is 4.52 Å². The van der Waals surface area contributed by atoms with Crippen molar-refractivity contribution >= 4 is 45.2 Å². The average molecular weight is 943 g/mol. The van der Waals surface area contributed by atoms with Gasteiger partial charge in [-0.2, -0.15) is 10.2 Å². The molecule has 2 saturated heterocycles. The molecule has 0 spiro atoms. The Morgan fingerprint density at radius 2 is 1.78 bits per heavy atom. The van der Waals surface area contributed by atoms with Gasteiger partial charge >= 0.3 is 0 Å². The molecule has 9 rings (SSSR count). The number of benzene rings is 2. The van der Waals surface area contributed by atoms with Crippen molar-refractivity contribution < 1.29 is 37.6 Å². The molecule has 5 aromatic rings. The molecule has 336 valence electrons. The van der Waals surface area contributed by atoms with Gasteiger partial charge in [-0.25, -0.2) is 8.78 Å². The van der Waals surface area contributed by atoms with Crippen LogP contribution in [-0.2, 0) is 27.2 Å². The molecule has 18 heteroatoms. The fraction of sp³-hybridized carbons (Fsp3) is 0.457. The number of aryl methyl sites for hydroxylation is 1. The van der Waals surface area contributed by atoms with Crippen LogP contribution in [0.15, 0.2) is 82.1 Å². The molecule has 7 atom stereocenters. The number of amides is 4. The van der Waals surface area contributed by atoms with E-state index >= 15 is 0 Å². The second-order valence-corrected chi connectivity index (χ2v) is 19.3. The highest BCUT2D eigenvalue weighted by Gasteiger charge is 2.78. The van der Waals surface area contributed by atoms with Gasteiger partial charge in [-0.15, -0.1) is 0 Å². The highest BCUT2D eigenvalue weighted by molar-refractivity contribution is 9.10. The molecule has 4 amide bonds. The normalized spacial score (nSPS) is 23.7. The molecule has 2 aliphatic carbocycles. The van der Waals surface area contributed by atoms with Crippen molar-refractivity contribution in [1.29, 1.82) is 0 Å². The van der Waals surface area contributed by atoms with Crippen LogP contribution in [-0.4, -0.2) is 101 Å². The first kappa shape index (κ1) is 43.5. The minimum absolute atomic E-state index is 0.0212.